The van der Waals surface area contributed by atoms with Crippen molar-refractivity contribution in [3.63, 3.8) is 0 Å². The molecule has 0 aliphatic carbocycles. The second kappa shape index (κ2) is 6.08. The minimum atomic E-state index is 0.00450. The van der Waals surface area contributed by atoms with Gasteiger partial charge in [0.1, 0.15) is 22.7 Å². The summed E-state index contributed by atoms with van der Waals surface area (Å²) in [5.41, 5.74) is 4.12. The fourth-order valence-electron chi connectivity index (χ4n) is 3.59. The number of halogens is 1. The zero-order chi connectivity index (χ0) is 17.5. The van der Waals surface area contributed by atoms with Crippen LogP contribution in [0.25, 0.3) is 5.03 Å². The van der Waals surface area contributed by atoms with E-state index in [0.29, 0.717) is 5.03 Å². The molecule has 124 valence electrons. The van der Waals surface area contributed by atoms with Crippen LogP contribution in [0.3, 0.4) is 0 Å². The Morgan fingerprint density at radius 2 is 1.62 bits per heavy atom. The molecule has 0 radical (unpaired) electrons. The number of ether oxygens (including phenoxy) is 1. The highest BCUT2D eigenvalue weighted by Crippen LogP contribution is 2.29. The maximum atomic E-state index is 6.73. The number of rotatable bonds is 2. The van der Waals surface area contributed by atoms with Crippen molar-refractivity contribution in [1.29, 1.82) is 0 Å². The molecule has 0 saturated carbocycles. The van der Waals surface area contributed by atoms with Crippen LogP contribution in [0, 0.1) is 0 Å². The van der Waals surface area contributed by atoms with E-state index in [1.807, 2.05) is 66.9 Å². The van der Waals surface area contributed by atoms with Crippen molar-refractivity contribution >= 4 is 40.6 Å². The number of aromatic amines is 1. The van der Waals surface area contributed by atoms with Gasteiger partial charge in [0.2, 0.25) is 5.70 Å². The maximum Gasteiger partial charge on any atom is 0.567 e. The van der Waals surface area contributed by atoms with Crippen molar-refractivity contribution in [2.75, 3.05) is 0 Å². The first kappa shape index (κ1) is 15.3. The molecule has 0 spiro atoms. The third-order valence-electron chi connectivity index (χ3n) is 4.76. The summed E-state index contributed by atoms with van der Waals surface area (Å²) >= 11 is 6.73. The molecule has 2 aliphatic rings. The summed E-state index contributed by atoms with van der Waals surface area (Å²) in [6.45, 7) is 0.00450. The van der Waals surface area contributed by atoms with Crippen molar-refractivity contribution < 1.29 is 9.22 Å². The van der Waals surface area contributed by atoms with E-state index in [-0.39, 0.29) is 6.85 Å². The van der Waals surface area contributed by atoms with Gasteiger partial charge in [-0.05, 0) is 24.3 Å². The van der Waals surface area contributed by atoms with Crippen molar-refractivity contribution in [3.05, 3.63) is 90.4 Å². The highest BCUT2D eigenvalue weighted by atomic mass is 35.5. The monoisotopic (exact) mass is 357 g/mol. The Morgan fingerprint density at radius 1 is 0.923 bits per heavy atom. The lowest BCUT2D eigenvalue weighted by molar-refractivity contribution is -0.306. The Bertz CT molecular complexity index is 1040. The molecule has 0 atom stereocenters. The van der Waals surface area contributed by atoms with Crippen LogP contribution < -0.4 is 15.7 Å². The SMILES string of the molecule is Cl/C(=C1\C=CC=[N+]1B1c2ccccc2Oc2ccccc21)c1ccc[nH]1. The summed E-state index contributed by atoms with van der Waals surface area (Å²) in [6.07, 6.45) is 8.03. The van der Waals surface area contributed by atoms with E-state index in [0.717, 1.165) is 33.8 Å². The van der Waals surface area contributed by atoms with Crippen LogP contribution in [0.5, 0.6) is 11.5 Å². The van der Waals surface area contributed by atoms with Gasteiger partial charge in [0.15, 0.2) is 0 Å². The zero-order valence-electron chi connectivity index (χ0n) is 13.9. The van der Waals surface area contributed by atoms with Gasteiger partial charge in [0.25, 0.3) is 0 Å². The van der Waals surface area contributed by atoms with Crippen LogP contribution in [0.4, 0.5) is 0 Å². The standard InChI is InChI=1S/C21H14BClN2O/c23-21(17-9-5-13-24-17)18-10-6-14-25(18)22-15-7-1-3-11-19(15)26-20-12-4-2-8-16(20)22/h1-14H/p+1. The number of H-pyrrole nitrogens is 1. The van der Waals surface area contributed by atoms with E-state index in [1.165, 1.54) is 0 Å². The molecule has 0 saturated heterocycles. The van der Waals surface area contributed by atoms with Gasteiger partial charge in [-0.2, -0.15) is 0 Å². The van der Waals surface area contributed by atoms with E-state index < -0.39 is 0 Å². The highest BCUT2D eigenvalue weighted by Gasteiger charge is 2.45. The van der Waals surface area contributed by atoms with Crippen LogP contribution in [-0.2, 0) is 0 Å². The minimum Gasteiger partial charge on any atom is -0.458 e. The largest absolute Gasteiger partial charge is 0.567 e. The van der Waals surface area contributed by atoms with Gasteiger partial charge in [-0.1, -0.05) is 48.0 Å². The number of fused-ring (bicyclic) bond motifs is 2. The van der Waals surface area contributed by atoms with Crippen molar-refractivity contribution in [2.45, 2.75) is 0 Å². The van der Waals surface area contributed by atoms with Gasteiger partial charge < -0.3 is 9.72 Å². The zero-order valence-corrected chi connectivity index (χ0v) is 14.6. The molecule has 26 heavy (non-hydrogen) atoms. The molecule has 2 aromatic carbocycles. The van der Waals surface area contributed by atoms with Gasteiger partial charge in [-0.3, -0.25) is 4.49 Å². The first-order chi connectivity index (χ1) is 12.8. The van der Waals surface area contributed by atoms with Crippen LogP contribution in [0.1, 0.15) is 5.69 Å². The molecule has 1 aromatic heterocycles. The smallest absolute Gasteiger partial charge is 0.458 e. The minimum absolute atomic E-state index is 0.00450. The Hall–Kier alpha value is -2.98. The molecule has 0 amide bonds. The first-order valence-electron chi connectivity index (χ1n) is 8.52. The van der Waals surface area contributed by atoms with Gasteiger partial charge in [-0.15, -0.1) is 0 Å². The molecular formula is C21H15BClN2O+. The lowest BCUT2D eigenvalue weighted by atomic mass is 9.48. The molecule has 3 aromatic rings. The van der Waals surface area contributed by atoms with Crippen molar-refractivity contribution in [1.82, 2.24) is 4.98 Å². The Labute approximate surface area is 157 Å². The summed E-state index contributed by atoms with van der Waals surface area (Å²) in [7, 11) is 0. The molecule has 2 aliphatic heterocycles. The van der Waals surface area contributed by atoms with Crippen molar-refractivity contribution in [2.24, 2.45) is 0 Å². The number of aromatic nitrogens is 1. The van der Waals surface area contributed by atoms with Crippen LogP contribution in [0.2, 0.25) is 0 Å². The lowest BCUT2D eigenvalue weighted by Crippen LogP contribution is -2.54. The van der Waals surface area contributed by atoms with Gasteiger partial charge in [0.05, 0.1) is 5.69 Å². The molecular weight excluding hydrogens is 343 g/mol. The highest BCUT2D eigenvalue weighted by molar-refractivity contribution is 6.81. The third kappa shape index (κ3) is 2.34. The van der Waals surface area contributed by atoms with E-state index in [4.69, 9.17) is 16.3 Å². The Morgan fingerprint density at radius 3 is 2.27 bits per heavy atom. The van der Waals surface area contributed by atoms with Gasteiger partial charge in [-0.25, -0.2) is 0 Å². The van der Waals surface area contributed by atoms with Crippen LogP contribution >= 0.6 is 11.6 Å². The average Bonchev–Trinajstić information content (AvgIpc) is 3.37. The first-order valence-corrected chi connectivity index (χ1v) is 8.90. The number of nitrogens with one attached hydrogen (secondary N) is 1. The average molecular weight is 358 g/mol. The second-order valence-corrected chi connectivity index (χ2v) is 6.66. The van der Waals surface area contributed by atoms with E-state index in [2.05, 4.69) is 27.8 Å². The summed E-state index contributed by atoms with van der Waals surface area (Å²) in [6, 6.07) is 20.3. The van der Waals surface area contributed by atoms with E-state index in [9.17, 15) is 0 Å². The lowest BCUT2D eigenvalue weighted by Gasteiger charge is -2.22. The molecule has 5 heteroatoms. The predicted octanol–water partition coefficient (Wildman–Crippen LogP) is 3.49. The fourth-order valence-corrected chi connectivity index (χ4v) is 3.87. The Kier molecular flexibility index (Phi) is 3.57. The number of allylic oxidation sites excluding steroid dienone is 2. The molecule has 0 unspecified atom stereocenters. The summed E-state index contributed by atoms with van der Waals surface area (Å²) < 4.78 is 8.33. The Balaban J connectivity index is 1.70. The fraction of sp³-hybridized carbons (Fsp3) is 0. The van der Waals surface area contributed by atoms with E-state index >= 15 is 0 Å². The van der Waals surface area contributed by atoms with Gasteiger partial charge >= 0.3 is 6.85 Å². The quantitative estimate of drug-likeness (QED) is 0.699. The summed E-state index contributed by atoms with van der Waals surface area (Å²) in [4.78, 5) is 3.19. The maximum absolute atomic E-state index is 6.73. The van der Waals surface area contributed by atoms with Crippen LogP contribution in [0.15, 0.2) is 84.7 Å². The number of para-hydroxylation sites is 2. The third-order valence-corrected chi connectivity index (χ3v) is 5.16. The second-order valence-electron chi connectivity index (χ2n) is 6.28. The normalized spacial score (nSPS) is 16.7. The summed E-state index contributed by atoms with van der Waals surface area (Å²) in [5.74, 6) is 1.76. The number of benzene rings is 2. The molecule has 3 nitrogen and oxygen atoms in total. The number of hydrogen-bond acceptors (Lipinski definition) is 1. The van der Waals surface area contributed by atoms with Crippen molar-refractivity contribution in [3.8, 4) is 11.5 Å². The molecule has 0 fully saturated rings. The molecule has 0 bridgehead atoms. The van der Waals surface area contributed by atoms with E-state index in [1.54, 1.807) is 0 Å². The molecule has 3 heterocycles. The summed E-state index contributed by atoms with van der Waals surface area (Å²) in [5, 5.41) is 0.696. The number of hydrogen-bond donors (Lipinski definition) is 1. The topological polar surface area (TPSA) is 28.0 Å². The van der Waals surface area contributed by atoms with Gasteiger partial charge in [0, 0.05) is 29.3 Å². The van der Waals surface area contributed by atoms with Crippen LogP contribution in [-0.4, -0.2) is 22.5 Å². The molecule has 5 rings (SSSR count). The number of nitrogens with zero attached hydrogens (tertiary/aromatic N) is 1. The molecule has 1 N–H and O–H groups in total. The predicted molar refractivity (Wildman–Crippen MR) is 107 cm³/mol.